The van der Waals surface area contributed by atoms with Gasteiger partial charge in [-0.05, 0) is 56.9 Å². The third kappa shape index (κ3) is 4.32. The van der Waals surface area contributed by atoms with Crippen molar-refractivity contribution in [3.05, 3.63) is 44.9 Å². The van der Waals surface area contributed by atoms with E-state index < -0.39 is 0 Å². The highest BCUT2D eigenvalue weighted by Gasteiger charge is 2.42. The quantitative estimate of drug-likeness (QED) is 0.771. The SMILES string of the molecule is Cc1nc(COc2ccc(Cl)cc2)sc1C(=O)NC(C)(CN)C1CC1. The van der Waals surface area contributed by atoms with E-state index in [4.69, 9.17) is 22.1 Å². The lowest BCUT2D eigenvalue weighted by molar-refractivity contribution is 0.0901. The Bertz CT molecular complexity index is 758. The molecule has 1 aromatic carbocycles. The second kappa shape index (κ2) is 7.32. The summed E-state index contributed by atoms with van der Waals surface area (Å²) in [5, 5.41) is 4.53. The van der Waals surface area contributed by atoms with Crippen LogP contribution < -0.4 is 15.8 Å². The molecule has 1 saturated carbocycles. The second-order valence-electron chi connectivity index (χ2n) is 6.61. The standard InChI is InChI=1S/C18H22ClN3O2S/c1-11-16(17(23)22-18(2,10-20)12-3-4-12)25-15(21-11)9-24-14-7-5-13(19)6-8-14/h5-8,12H,3-4,9-10,20H2,1-2H3,(H,22,23). The van der Waals surface area contributed by atoms with Crippen LogP contribution in [0.25, 0.3) is 0 Å². The van der Waals surface area contributed by atoms with Crippen molar-refractivity contribution in [2.24, 2.45) is 11.7 Å². The van der Waals surface area contributed by atoms with E-state index in [1.807, 2.05) is 13.8 Å². The lowest BCUT2D eigenvalue weighted by atomic mass is 9.96. The summed E-state index contributed by atoms with van der Waals surface area (Å²) < 4.78 is 5.70. The zero-order valence-corrected chi connectivity index (χ0v) is 15.9. The number of carbonyl (C=O) groups is 1. The van der Waals surface area contributed by atoms with E-state index in [1.54, 1.807) is 24.3 Å². The summed E-state index contributed by atoms with van der Waals surface area (Å²) in [5.41, 5.74) is 6.26. The number of benzene rings is 1. The van der Waals surface area contributed by atoms with Gasteiger partial charge in [-0.25, -0.2) is 4.98 Å². The van der Waals surface area contributed by atoms with E-state index in [2.05, 4.69) is 10.3 Å². The van der Waals surface area contributed by atoms with Crippen LogP contribution in [0.4, 0.5) is 0 Å². The summed E-state index contributed by atoms with van der Waals surface area (Å²) in [6, 6.07) is 7.15. The van der Waals surface area contributed by atoms with Crippen molar-refractivity contribution in [2.45, 2.75) is 38.8 Å². The first-order valence-corrected chi connectivity index (χ1v) is 9.48. The number of carbonyl (C=O) groups excluding carboxylic acids is 1. The van der Waals surface area contributed by atoms with E-state index in [9.17, 15) is 4.79 Å². The van der Waals surface area contributed by atoms with Gasteiger partial charge in [0.05, 0.1) is 11.2 Å². The van der Waals surface area contributed by atoms with E-state index in [0.29, 0.717) is 40.4 Å². The van der Waals surface area contributed by atoms with Gasteiger partial charge in [0.1, 0.15) is 22.2 Å². The molecule has 3 rings (SSSR count). The van der Waals surface area contributed by atoms with Crippen molar-refractivity contribution in [3.8, 4) is 5.75 Å². The molecule has 2 aromatic rings. The zero-order chi connectivity index (χ0) is 18.0. The maximum absolute atomic E-state index is 12.6. The molecule has 134 valence electrons. The lowest BCUT2D eigenvalue weighted by Gasteiger charge is -2.29. The summed E-state index contributed by atoms with van der Waals surface area (Å²) in [6.07, 6.45) is 2.24. The molecule has 3 N–H and O–H groups in total. The second-order valence-corrected chi connectivity index (χ2v) is 8.13. The number of nitrogens with two attached hydrogens (primary N) is 1. The molecule has 0 radical (unpaired) electrons. The monoisotopic (exact) mass is 379 g/mol. The number of nitrogens with zero attached hydrogens (tertiary/aromatic N) is 1. The van der Waals surface area contributed by atoms with Crippen LogP contribution in [0.3, 0.4) is 0 Å². The van der Waals surface area contributed by atoms with Crippen LogP contribution in [0, 0.1) is 12.8 Å². The van der Waals surface area contributed by atoms with Gasteiger partial charge >= 0.3 is 0 Å². The van der Waals surface area contributed by atoms with Crippen molar-refractivity contribution in [3.63, 3.8) is 0 Å². The molecule has 7 heteroatoms. The number of aryl methyl sites for hydroxylation is 1. The molecule has 0 spiro atoms. The fourth-order valence-electron chi connectivity index (χ4n) is 2.76. The van der Waals surface area contributed by atoms with Gasteiger partial charge < -0.3 is 15.8 Å². The van der Waals surface area contributed by atoms with Crippen LogP contribution in [0.2, 0.25) is 5.02 Å². The average Bonchev–Trinajstić information content (AvgIpc) is 3.38. The average molecular weight is 380 g/mol. The number of halogens is 1. The van der Waals surface area contributed by atoms with E-state index in [0.717, 1.165) is 17.8 Å². The first-order valence-electron chi connectivity index (χ1n) is 8.28. The molecule has 1 heterocycles. The Labute approximate surface area is 156 Å². The number of aromatic nitrogens is 1. The Morgan fingerprint density at radius 1 is 1.44 bits per heavy atom. The largest absolute Gasteiger partial charge is 0.486 e. The number of ether oxygens (including phenoxy) is 1. The molecule has 0 aliphatic heterocycles. The molecule has 1 unspecified atom stereocenters. The third-order valence-corrected chi connectivity index (χ3v) is 5.91. The Balaban J connectivity index is 1.65. The molecular weight excluding hydrogens is 358 g/mol. The van der Waals surface area contributed by atoms with Gasteiger partial charge in [-0.15, -0.1) is 11.3 Å². The minimum Gasteiger partial charge on any atom is -0.486 e. The van der Waals surface area contributed by atoms with Crippen LogP contribution in [0.5, 0.6) is 5.75 Å². The number of hydrogen-bond donors (Lipinski definition) is 2. The molecule has 1 amide bonds. The predicted molar refractivity (Wildman–Crippen MR) is 100 cm³/mol. The molecule has 1 fully saturated rings. The van der Waals surface area contributed by atoms with Crippen LogP contribution in [-0.4, -0.2) is 23.0 Å². The maximum Gasteiger partial charge on any atom is 0.263 e. The number of hydrogen-bond acceptors (Lipinski definition) is 5. The molecule has 1 aromatic heterocycles. The smallest absolute Gasteiger partial charge is 0.263 e. The van der Waals surface area contributed by atoms with Gasteiger partial charge in [-0.3, -0.25) is 4.79 Å². The summed E-state index contributed by atoms with van der Waals surface area (Å²) in [7, 11) is 0. The predicted octanol–water partition coefficient (Wildman–Crippen LogP) is 3.54. The highest BCUT2D eigenvalue weighted by atomic mass is 35.5. The van der Waals surface area contributed by atoms with Gasteiger partial charge in [-0.2, -0.15) is 0 Å². The van der Waals surface area contributed by atoms with Crippen molar-refractivity contribution in [1.82, 2.24) is 10.3 Å². The van der Waals surface area contributed by atoms with Gasteiger partial charge in [-0.1, -0.05) is 11.6 Å². The Morgan fingerprint density at radius 2 is 2.12 bits per heavy atom. The van der Waals surface area contributed by atoms with E-state index >= 15 is 0 Å². The summed E-state index contributed by atoms with van der Waals surface area (Å²) in [5.74, 6) is 1.09. The van der Waals surface area contributed by atoms with Crippen LogP contribution in [0.1, 0.15) is 40.1 Å². The maximum atomic E-state index is 12.6. The van der Waals surface area contributed by atoms with Crippen molar-refractivity contribution in [2.75, 3.05) is 6.54 Å². The van der Waals surface area contributed by atoms with Crippen molar-refractivity contribution >= 4 is 28.8 Å². The minimum atomic E-state index is -0.340. The summed E-state index contributed by atoms with van der Waals surface area (Å²) in [4.78, 5) is 17.7. The normalized spacial score (nSPS) is 16.3. The number of thiazole rings is 1. The molecule has 25 heavy (non-hydrogen) atoms. The highest BCUT2D eigenvalue weighted by molar-refractivity contribution is 7.13. The minimum absolute atomic E-state index is 0.104. The molecular formula is C18H22ClN3O2S. The fraction of sp³-hybridized carbons (Fsp3) is 0.444. The first-order chi connectivity index (χ1) is 11.9. The first kappa shape index (κ1) is 18.2. The van der Waals surface area contributed by atoms with Crippen LogP contribution in [-0.2, 0) is 6.61 Å². The molecule has 0 saturated heterocycles. The van der Waals surface area contributed by atoms with Gasteiger partial charge in [0.2, 0.25) is 0 Å². The summed E-state index contributed by atoms with van der Waals surface area (Å²) in [6.45, 7) is 4.61. The molecule has 0 bridgehead atoms. The molecule has 1 aliphatic rings. The lowest BCUT2D eigenvalue weighted by Crippen LogP contribution is -2.53. The van der Waals surface area contributed by atoms with Crippen molar-refractivity contribution < 1.29 is 9.53 Å². The van der Waals surface area contributed by atoms with Crippen molar-refractivity contribution in [1.29, 1.82) is 0 Å². The fourth-order valence-corrected chi connectivity index (χ4v) is 3.76. The van der Waals surface area contributed by atoms with Gasteiger partial charge in [0.15, 0.2) is 0 Å². The molecule has 5 nitrogen and oxygen atoms in total. The number of amides is 1. The Hall–Kier alpha value is -1.63. The van der Waals surface area contributed by atoms with Gasteiger partial charge in [0, 0.05) is 11.6 Å². The van der Waals surface area contributed by atoms with Crippen LogP contribution in [0.15, 0.2) is 24.3 Å². The van der Waals surface area contributed by atoms with E-state index in [-0.39, 0.29) is 11.4 Å². The number of nitrogens with one attached hydrogen (secondary N) is 1. The highest BCUT2D eigenvalue weighted by Crippen LogP contribution is 2.39. The molecule has 1 atom stereocenters. The van der Waals surface area contributed by atoms with E-state index in [1.165, 1.54) is 11.3 Å². The zero-order valence-electron chi connectivity index (χ0n) is 14.3. The Morgan fingerprint density at radius 3 is 2.72 bits per heavy atom. The number of rotatable bonds is 7. The Kier molecular flexibility index (Phi) is 5.32. The molecule has 1 aliphatic carbocycles. The summed E-state index contributed by atoms with van der Waals surface area (Å²) >= 11 is 7.22. The van der Waals surface area contributed by atoms with Gasteiger partial charge in [0.25, 0.3) is 5.91 Å². The topological polar surface area (TPSA) is 77.2 Å². The van der Waals surface area contributed by atoms with Crippen LogP contribution >= 0.6 is 22.9 Å². The third-order valence-electron chi connectivity index (χ3n) is 4.52.